The second-order valence-electron chi connectivity index (χ2n) is 7.03. The van der Waals surface area contributed by atoms with Gasteiger partial charge >= 0.3 is 13.3 Å². The number of aromatic nitrogens is 1. The van der Waals surface area contributed by atoms with Crippen molar-refractivity contribution in [2.45, 2.75) is 63.8 Å². The standard InChI is InChI=1S/C15H19BF3NO2/c1-13(2)14(3,4)22-16(21-13)10-7-8-11(9-5-6-9)20-12(10)15(17,18)19/h7-9H,5-6H2,1-4H3. The normalized spacial score (nSPS) is 23.9. The van der Waals surface area contributed by atoms with Gasteiger partial charge in [0, 0.05) is 17.1 Å². The number of alkyl halides is 3. The van der Waals surface area contributed by atoms with E-state index in [1.807, 2.05) is 27.7 Å². The summed E-state index contributed by atoms with van der Waals surface area (Å²) in [6, 6.07) is 3.11. The van der Waals surface area contributed by atoms with Gasteiger partial charge in [0.15, 0.2) is 0 Å². The zero-order valence-electron chi connectivity index (χ0n) is 13.1. The molecule has 0 unspecified atom stereocenters. The molecule has 0 radical (unpaired) electrons. The van der Waals surface area contributed by atoms with Crippen LogP contribution in [0.5, 0.6) is 0 Å². The summed E-state index contributed by atoms with van der Waals surface area (Å²) in [7, 11) is -1.05. The highest BCUT2D eigenvalue weighted by atomic mass is 19.4. The summed E-state index contributed by atoms with van der Waals surface area (Å²) >= 11 is 0. The summed E-state index contributed by atoms with van der Waals surface area (Å²) in [6.07, 6.45) is -2.72. The zero-order valence-corrected chi connectivity index (χ0v) is 13.1. The van der Waals surface area contributed by atoms with Crippen LogP contribution in [0.25, 0.3) is 0 Å². The molecule has 0 atom stereocenters. The molecule has 1 saturated carbocycles. The topological polar surface area (TPSA) is 31.4 Å². The highest BCUT2D eigenvalue weighted by molar-refractivity contribution is 6.62. The Bertz CT molecular complexity index is 581. The SMILES string of the molecule is CC1(C)OB(c2ccc(C3CC3)nc2C(F)(F)F)OC1(C)C. The molecule has 0 N–H and O–H groups in total. The highest BCUT2D eigenvalue weighted by Crippen LogP contribution is 2.41. The molecule has 1 aliphatic heterocycles. The first-order valence-corrected chi connectivity index (χ1v) is 7.45. The third-order valence-electron chi connectivity index (χ3n) is 4.72. The van der Waals surface area contributed by atoms with Gasteiger partial charge in [-0.3, -0.25) is 0 Å². The summed E-state index contributed by atoms with van der Waals surface area (Å²) in [5, 5.41) is 0. The Kier molecular flexibility index (Phi) is 3.38. The van der Waals surface area contributed by atoms with Crippen LogP contribution in [0.15, 0.2) is 12.1 Å². The molecule has 1 aromatic heterocycles. The zero-order chi connectivity index (χ0) is 16.3. The highest BCUT2D eigenvalue weighted by Gasteiger charge is 2.54. The van der Waals surface area contributed by atoms with Crippen molar-refractivity contribution in [1.29, 1.82) is 0 Å². The maximum Gasteiger partial charge on any atom is 0.497 e. The van der Waals surface area contributed by atoms with Crippen molar-refractivity contribution in [3.05, 3.63) is 23.5 Å². The minimum Gasteiger partial charge on any atom is -0.399 e. The van der Waals surface area contributed by atoms with Gasteiger partial charge in [-0.15, -0.1) is 0 Å². The Labute approximate surface area is 128 Å². The van der Waals surface area contributed by atoms with E-state index in [9.17, 15) is 13.2 Å². The second-order valence-corrected chi connectivity index (χ2v) is 7.03. The van der Waals surface area contributed by atoms with Crippen LogP contribution in [0.2, 0.25) is 0 Å². The van der Waals surface area contributed by atoms with E-state index in [-0.39, 0.29) is 11.4 Å². The van der Waals surface area contributed by atoms with Gasteiger partial charge in [0.2, 0.25) is 0 Å². The van der Waals surface area contributed by atoms with Crippen LogP contribution in [-0.4, -0.2) is 23.3 Å². The Morgan fingerprint density at radius 2 is 1.64 bits per heavy atom. The van der Waals surface area contributed by atoms with Gasteiger partial charge in [-0.05, 0) is 46.6 Å². The summed E-state index contributed by atoms with van der Waals surface area (Å²) < 4.78 is 51.6. The molecule has 1 aliphatic carbocycles. The van der Waals surface area contributed by atoms with Gasteiger partial charge in [0.05, 0.1) is 11.2 Å². The molecule has 0 spiro atoms. The van der Waals surface area contributed by atoms with Crippen molar-refractivity contribution in [1.82, 2.24) is 4.98 Å². The van der Waals surface area contributed by atoms with Crippen LogP contribution in [0.1, 0.15) is 57.8 Å². The molecule has 0 aromatic carbocycles. The second kappa shape index (κ2) is 4.71. The van der Waals surface area contributed by atoms with Crippen molar-refractivity contribution in [3.63, 3.8) is 0 Å². The van der Waals surface area contributed by atoms with Crippen molar-refractivity contribution in [3.8, 4) is 0 Å². The average molecular weight is 313 g/mol. The van der Waals surface area contributed by atoms with Crippen molar-refractivity contribution in [2.75, 3.05) is 0 Å². The summed E-state index contributed by atoms with van der Waals surface area (Å²) in [6.45, 7) is 7.25. The molecule has 2 aliphatic rings. The number of pyridine rings is 1. The number of halogens is 3. The van der Waals surface area contributed by atoms with Gasteiger partial charge in [-0.2, -0.15) is 13.2 Å². The monoisotopic (exact) mass is 313 g/mol. The third-order valence-corrected chi connectivity index (χ3v) is 4.72. The van der Waals surface area contributed by atoms with E-state index in [4.69, 9.17) is 9.31 Å². The smallest absolute Gasteiger partial charge is 0.399 e. The molecule has 0 bridgehead atoms. The molecule has 1 aromatic rings. The predicted octanol–water partition coefficient (Wildman–Crippen LogP) is 3.28. The number of hydrogen-bond donors (Lipinski definition) is 0. The fourth-order valence-electron chi connectivity index (χ4n) is 2.48. The Balaban J connectivity index is 2.00. The van der Waals surface area contributed by atoms with Crippen LogP contribution in [-0.2, 0) is 15.5 Å². The van der Waals surface area contributed by atoms with E-state index >= 15 is 0 Å². The molecule has 7 heteroatoms. The summed E-state index contributed by atoms with van der Waals surface area (Å²) in [5.74, 6) is 0.161. The fraction of sp³-hybridized carbons (Fsp3) is 0.667. The molecule has 22 heavy (non-hydrogen) atoms. The maximum atomic E-state index is 13.4. The van der Waals surface area contributed by atoms with Gasteiger partial charge in [0.1, 0.15) is 5.69 Å². The van der Waals surface area contributed by atoms with Crippen LogP contribution >= 0.6 is 0 Å². The third kappa shape index (κ3) is 2.65. The molecule has 0 amide bonds. The lowest BCUT2D eigenvalue weighted by atomic mass is 9.77. The lowest BCUT2D eigenvalue weighted by Crippen LogP contribution is -2.41. The predicted molar refractivity (Wildman–Crippen MR) is 76.9 cm³/mol. The van der Waals surface area contributed by atoms with Crippen LogP contribution in [0.4, 0.5) is 13.2 Å². The maximum absolute atomic E-state index is 13.4. The van der Waals surface area contributed by atoms with E-state index < -0.39 is 30.2 Å². The number of hydrogen-bond acceptors (Lipinski definition) is 3. The Morgan fingerprint density at radius 1 is 1.09 bits per heavy atom. The number of nitrogens with zero attached hydrogens (tertiary/aromatic N) is 1. The van der Waals surface area contributed by atoms with Crippen LogP contribution < -0.4 is 5.46 Å². The van der Waals surface area contributed by atoms with Crippen LogP contribution in [0, 0.1) is 0 Å². The van der Waals surface area contributed by atoms with E-state index in [1.165, 1.54) is 6.07 Å². The van der Waals surface area contributed by atoms with Crippen molar-refractivity contribution in [2.24, 2.45) is 0 Å². The first-order chi connectivity index (χ1) is 10.0. The Morgan fingerprint density at radius 3 is 2.09 bits per heavy atom. The minimum absolute atomic E-state index is 0.0458. The van der Waals surface area contributed by atoms with E-state index in [1.54, 1.807) is 6.07 Å². The molecular weight excluding hydrogens is 294 g/mol. The summed E-state index contributed by atoms with van der Waals surface area (Å²) in [5.41, 5.74) is -1.80. The lowest BCUT2D eigenvalue weighted by Gasteiger charge is -2.32. The van der Waals surface area contributed by atoms with Gasteiger partial charge in [-0.25, -0.2) is 4.98 Å². The molecule has 3 rings (SSSR count). The van der Waals surface area contributed by atoms with Gasteiger partial charge < -0.3 is 9.31 Å². The Hall–Kier alpha value is -1.08. The lowest BCUT2D eigenvalue weighted by molar-refractivity contribution is -0.140. The molecular formula is C15H19BF3NO2. The van der Waals surface area contributed by atoms with Crippen molar-refractivity contribution < 1.29 is 22.5 Å². The van der Waals surface area contributed by atoms with E-state index in [0.717, 1.165) is 12.8 Å². The van der Waals surface area contributed by atoms with Gasteiger partial charge in [0.25, 0.3) is 0 Å². The summed E-state index contributed by atoms with van der Waals surface area (Å²) in [4.78, 5) is 3.86. The largest absolute Gasteiger partial charge is 0.497 e. The average Bonchev–Trinajstić information content (AvgIpc) is 3.16. The quantitative estimate of drug-likeness (QED) is 0.785. The fourth-order valence-corrected chi connectivity index (χ4v) is 2.48. The van der Waals surface area contributed by atoms with Crippen molar-refractivity contribution >= 4 is 12.6 Å². The van der Waals surface area contributed by atoms with E-state index in [2.05, 4.69) is 4.98 Å². The molecule has 120 valence electrons. The first-order valence-electron chi connectivity index (χ1n) is 7.45. The molecule has 3 nitrogen and oxygen atoms in total. The van der Waals surface area contributed by atoms with E-state index in [0.29, 0.717) is 5.69 Å². The van der Waals surface area contributed by atoms with Gasteiger partial charge in [-0.1, -0.05) is 6.07 Å². The number of rotatable bonds is 2. The molecule has 2 fully saturated rings. The molecule has 2 heterocycles. The minimum atomic E-state index is -4.52. The van der Waals surface area contributed by atoms with Crippen LogP contribution in [0.3, 0.4) is 0 Å². The first kappa shape index (κ1) is 15.8. The molecule has 1 saturated heterocycles.